The van der Waals surface area contributed by atoms with Gasteiger partial charge in [-0.3, -0.25) is 9.59 Å². The predicted octanol–water partition coefficient (Wildman–Crippen LogP) is 7.79. The van der Waals surface area contributed by atoms with Gasteiger partial charge in [-0.05, 0) is 63.4 Å². The van der Waals surface area contributed by atoms with Crippen LogP contribution in [0, 0.1) is 12.8 Å². The summed E-state index contributed by atoms with van der Waals surface area (Å²) >= 11 is 23.3. The molecule has 1 atom stereocenters. The van der Waals surface area contributed by atoms with Crippen molar-refractivity contribution in [2.75, 3.05) is 25.0 Å². The number of anilines is 1. The highest BCUT2D eigenvalue weighted by Gasteiger charge is 2.29. The summed E-state index contributed by atoms with van der Waals surface area (Å²) in [4.78, 5) is 39.2. The quantitative estimate of drug-likeness (QED) is 0.230. The van der Waals surface area contributed by atoms with E-state index in [1.807, 2.05) is 45.0 Å². The monoisotopic (exact) mass is 686 g/mol. The molecule has 0 unspecified atom stereocenters. The van der Waals surface area contributed by atoms with E-state index in [9.17, 15) is 14.4 Å². The van der Waals surface area contributed by atoms with Crippen LogP contribution in [0.15, 0.2) is 59.3 Å². The van der Waals surface area contributed by atoms with Crippen LogP contribution in [0.1, 0.15) is 40.2 Å². The second-order valence-electron chi connectivity index (χ2n) is 11.3. The lowest BCUT2D eigenvalue weighted by Gasteiger charge is -2.31. The Kier molecular flexibility index (Phi) is 14.3. The number of ether oxygens (including phenoxy) is 1. The van der Waals surface area contributed by atoms with Gasteiger partial charge in [0, 0.05) is 47.0 Å². The summed E-state index contributed by atoms with van der Waals surface area (Å²) in [5, 5.41) is 8.07. The number of benzene rings is 2. The Morgan fingerprint density at radius 2 is 1.64 bits per heavy atom. The van der Waals surface area contributed by atoms with Crippen molar-refractivity contribution in [1.29, 1.82) is 0 Å². The summed E-state index contributed by atoms with van der Waals surface area (Å²) in [5.41, 5.74) is 1.51. The predicted molar refractivity (Wildman–Crippen MR) is 177 cm³/mol. The highest BCUT2D eigenvalue weighted by atomic mass is 35.5. The van der Waals surface area contributed by atoms with E-state index in [1.54, 1.807) is 45.0 Å². The summed E-state index contributed by atoms with van der Waals surface area (Å²) in [6.07, 6.45) is 0.916. The first-order chi connectivity index (χ1) is 20.5. The van der Waals surface area contributed by atoms with Gasteiger partial charge >= 0.3 is 6.09 Å². The maximum Gasteiger partial charge on any atom is 0.410 e. The van der Waals surface area contributed by atoms with Gasteiger partial charge < -0.3 is 24.4 Å². The molecule has 9 nitrogen and oxygen atoms in total. The van der Waals surface area contributed by atoms with Crippen LogP contribution in [0.3, 0.4) is 0 Å². The van der Waals surface area contributed by atoms with Crippen molar-refractivity contribution in [2.24, 2.45) is 5.92 Å². The van der Waals surface area contributed by atoms with Crippen molar-refractivity contribution in [1.82, 2.24) is 15.4 Å². The van der Waals surface area contributed by atoms with Crippen molar-refractivity contribution in [3.05, 3.63) is 70.3 Å². The van der Waals surface area contributed by atoms with Crippen LogP contribution in [0.5, 0.6) is 0 Å². The van der Waals surface area contributed by atoms with Crippen molar-refractivity contribution in [3.8, 4) is 11.3 Å². The molecule has 1 N–H and O–H groups in total. The van der Waals surface area contributed by atoms with E-state index in [0.717, 1.165) is 15.6 Å². The molecule has 13 heteroatoms. The first-order valence-electron chi connectivity index (χ1n) is 13.7. The number of hydrogen-bond donors (Lipinski definition) is 1. The molecule has 3 aromatic rings. The molecule has 3 amide bonds. The lowest BCUT2D eigenvalue weighted by atomic mass is 10.0. The lowest BCUT2D eigenvalue weighted by molar-refractivity contribution is -0.123. The summed E-state index contributed by atoms with van der Waals surface area (Å²) in [6.45, 7) is 10.9. The largest absolute Gasteiger partial charge is 0.444 e. The molecule has 0 bridgehead atoms. The molecule has 0 radical (unpaired) electrons. The van der Waals surface area contributed by atoms with E-state index >= 15 is 0 Å². The zero-order chi connectivity index (χ0) is 33.2. The fraction of sp³-hybridized carbons (Fsp3) is 0.419. The molecule has 0 fully saturated rings. The molecule has 2 aromatic carbocycles. The molecule has 44 heavy (non-hydrogen) atoms. The number of alkyl halides is 2. The summed E-state index contributed by atoms with van der Waals surface area (Å²) in [5.74, 6) is -0.448. The lowest BCUT2D eigenvalue weighted by Crippen LogP contribution is -2.52. The van der Waals surface area contributed by atoms with Crippen LogP contribution in [0.25, 0.3) is 11.3 Å². The summed E-state index contributed by atoms with van der Waals surface area (Å²) < 4.78 is 10.5. The first kappa shape index (κ1) is 37.2. The highest BCUT2D eigenvalue weighted by molar-refractivity contribution is 6.54. The average molecular weight is 688 g/mol. The number of carbonyl (C=O) groups excluding carboxylic acids is 3. The molecule has 0 aliphatic heterocycles. The van der Waals surface area contributed by atoms with Gasteiger partial charge in [-0.2, -0.15) is 0 Å². The number of amides is 3. The third-order valence-electron chi connectivity index (χ3n) is 6.15. The number of aromatic nitrogens is 1. The fourth-order valence-electron chi connectivity index (χ4n) is 3.71. The molecule has 0 aliphatic rings. The molecular formula is C31H38Cl4N4O5. The number of likely N-dealkylation sites (N-methyl/N-ethyl adjacent to an activating group) is 1. The Morgan fingerprint density at radius 1 is 1.02 bits per heavy atom. The Bertz CT molecular complexity index is 1370. The molecule has 0 aliphatic carbocycles. The summed E-state index contributed by atoms with van der Waals surface area (Å²) in [7, 11) is 1.48. The molecular weight excluding hydrogens is 650 g/mol. The Hall–Kier alpha value is -2.98. The van der Waals surface area contributed by atoms with E-state index in [1.165, 1.54) is 23.0 Å². The Labute approximate surface area is 278 Å². The molecule has 0 spiro atoms. The Balaban J connectivity index is 0.000000639. The second kappa shape index (κ2) is 16.9. The minimum atomic E-state index is -1.30. The van der Waals surface area contributed by atoms with Gasteiger partial charge in [-0.15, -0.1) is 0 Å². The molecule has 3 rings (SSSR count). The maximum absolute atomic E-state index is 12.9. The van der Waals surface area contributed by atoms with Crippen LogP contribution in [-0.4, -0.2) is 64.6 Å². The number of carbonyl (C=O) groups is 3. The molecule has 1 aromatic heterocycles. The van der Waals surface area contributed by atoms with Crippen LogP contribution in [0.2, 0.25) is 10.0 Å². The topological polar surface area (TPSA) is 105 Å². The van der Waals surface area contributed by atoms with Gasteiger partial charge in [0.25, 0.3) is 5.91 Å². The van der Waals surface area contributed by atoms with Crippen LogP contribution >= 0.6 is 46.4 Å². The van der Waals surface area contributed by atoms with E-state index in [0.29, 0.717) is 17.0 Å². The standard InChI is InChI=1S/C24H32Cl2N4O5.C7H6Cl2/c1-15(2)18(28-20(31)14-29(6)23(33)34-24(3,4)5)13-30(22(32)21(25)26)17-9-7-8-16(12-17)19-10-11-27-35-19;1-5-6(8)3-2-4-7(5)9/h7-12,15,18,21H,13-14H2,1-6H3,(H,28,31);2-4H,1H3/t18-;/m1./s1. The minimum Gasteiger partial charge on any atom is -0.444 e. The van der Waals surface area contributed by atoms with Gasteiger partial charge in [0.05, 0.1) is 6.20 Å². The molecule has 1 heterocycles. The van der Waals surface area contributed by atoms with E-state index in [-0.39, 0.29) is 19.0 Å². The van der Waals surface area contributed by atoms with E-state index in [2.05, 4.69) is 10.5 Å². The smallest absolute Gasteiger partial charge is 0.410 e. The number of nitrogens with zero attached hydrogens (tertiary/aromatic N) is 3. The number of nitrogens with one attached hydrogen (secondary N) is 1. The van der Waals surface area contributed by atoms with Crippen LogP contribution in [0.4, 0.5) is 10.5 Å². The van der Waals surface area contributed by atoms with Crippen molar-refractivity contribution >= 4 is 70.0 Å². The molecule has 0 saturated heterocycles. The third kappa shape index (κ3) is 11.8. The van der Waals surface area contributed by atoms with Gasteiger partial charge in [-0.1, -0.05) is 83.6 Å². The average Bonchev–Trinajstić information content (AvgIpc) is 3.48. The van der Waals surface area contributed by atoms with Crippen molar-refractivity contribution < 1.29 is 23.6 Å². The molecule has 240 valence electrons. The zero-order valence-electron chi connectivity index (χ0n) is 25.7. The van der Waals surface area contributed by atoms with Crippen LogP contribution in [-0.2, 0) is 14.3 Å². The third-order valence-corrected chi connectivity index (χ3v) is 7.34. The van der Waals surface area contributed by atoms with Crippen molar-refractivity contribution in [3.63, 3.8) is 0 Å². The molecule has 0 saturated carbocycles. The normalized spacial score (nSPS) is 11.8. The van der Waals surface area contributed by atoms with E-state index < -0.39 is 34.4 Å². The van der Waals surface area contributed by atoms with Crippen LogP contribution < -0.4 is 10.2 Å². The SMILES string of the molecule is CC(C)[C@@H](CN(C(=O)C(Cl)Cl)c1cccc(-c2ccno2)c1)NC(=O)CN(C)C(=O)OC(C)(C)C.Cc1c(Cl)cccc1Cl. The van der Waals surface area contributed by atoms with Gasteiger partial charge in [-0.25, -0.2) is 4.79 Å². The second-order valence-corrected chi connectivity index (χ2v) is 13.2. The fourth-order valence-corrected chi connectivity index (χ4v) is 4.34. The first-order valence-corrected chi connectivity index (χ1v) is 15.4. The highest BCUT2D eigenvalue weighted by Crippen LogP contribution is 2.27. The van der Waals surface area contributed by atoms with Gasteiger partial charge in [0.1, 0.15) is 12.1 Å². The minimum absolute atomic E-state index is 0.0531. The van der Waals surface area contributed by atoms with E-state index in [4.69, 9.17) is 55.7 Å². The van der Waals surface area contributed by atoms with Crippen molar-refractivity contribution in [2.45, 2.75) is 58.0 Å². The Morgan fingerprint density at radius 3 is 2.14 bits per heavy atom. The zero-order valence-corrected chi connectivity index (χ0v) is 28.8. The van der Waals surface area contributed by atoms with Gasteiger partial charge in [0.2, 0.25) is 5.91 Å². The summed E-state index contributed by atoms with van der Waals surface area (Å²) in [6, 6.07) is 13.8. The number of halogens is 4. The van der Waals surface area contributed by atoms with Gasteiger partial charge in [0.15, 0.2) is 10.6 Å². The number of hydrogen-bond acceptors (Lipinski definition) is 6. The number of rotatable bonds is 9. The maximum atomic E-state index is 12.9.